The molecule has 0 spiro atoms. The van der Waals surface area contributed by atoms with Crippen LogP contribution in [0.5, 0.6) is 0 Å². The monoisotopic (exact) mass is 377 g/mol. The molecule has 0 aliphatic heterocycles. The van der Waals surface area contributed by atoms with Crippen molar-refractivity contribution in [2.24, 2.45) is 0 Å². The minimum absolute atomic E-state index is 0.108. The van der Waals surface area contributed by atoms with E-state index in [1.54, 1.807) is 22.7 Å². The number of hydrogen-bond acceptors (Lipinski definition) is 4. The van der Waals surface area contributed by atoms with Crippen LogP contribution < -0.4 is 5.32 Å². The largest absolute Gasteiger partial charge is 0.352 e. The molecule has 0 fully saturated rings. The Morgan fingerprint density at radius 3 is 2.59 bits per heavy atom. The number of nitrogens with one attached hydrogen (secondary N) is 1. The first-order valence-electron chi connectivity index (χ1n) is 8.49. The van der Waals surface area contributed by atoms with Gasteiger partial charge in [0.1, 0.15) is 0 Å². The molecule has 134 valence electrons. The zero-order valence-electron chi connectivity index (χ0n) is 14.3. The molecule has 27 heavy (non-hydrogen) atoms. The molecule has 4 aromatic rings. The first-order chi connectivity index (χ1) is 13.2. The second-order valence-electron chi connectivity index (χ2n) is 6.02. The van der Waals surface area contributed by atoms with Crippen LogP contribution in [0.4, 0.5) is 0 Å². The number of hydrogen-bond donors (Lipinski definition) is 1. The summed E-state index contributed by atoms with van der Waals surface area (Å²) in [4.78, 5) is 16.5. The molecule has 0 radical (unpaired) electrons. The van der Waals surface area contributed by atoms with E-state index in [0.29, 0.717) is 28.7 Å². The lowest BCUT2D eigenvalue weighted by atomic mass is 10.1. The highest BCUT2D eigenvalue weighted by Crippen LogP contribution is 2.18. The minimum atomic E-state index is -0.108. The summed E-state index contributed by atoms with van der Waals surface area (Å²) >= 11 is 5.88. The molecule has 2 heterocycles. The van der Waals surface area contributed by atoms with Crippen molar-refractivity contribution >= 4 is 23.3 Å². The molecule has 0 aliphatic carbocycles. The van der Waals surface area contributed by atoms with Crippen LogP contribution in [0.25, 0.3) is 17.2 Å². The predicted molar refractivity (Wildman–Crippen MR) is 104 cm³/mol. The Labute approximate surface area is 160 Å². The third-order valence-electron chi connectivity index (χ3n) is 4.21. The van der Waals surface area contributed by atoms with Gasteiger partial charge in [0, 0.05) is 35.1 Å². The van der Waals surface area contributed by atoms with Gasteiger partial charge in [-0.2, -0.15) is 0 Å². The van der Waals surface area contributed by atoms with Gasteiger partial charge in [-0.1, -0.05) is 35.9 Å². The number of aromatic nitrogens is 4. The fourth-order valence-electron chi connectivity index (χ4n) is 2.78. The molecule has 7 heteroatoms. The molecule has 6 nitrogen and oxygen atoms in total. The van der Waals surface area contributed by atoms with Gasteiger partial charge in [-0.25, -0.2) is 4.98 Å². The fourth-order valence-corrected chi connectivity index (χ4v) is 2.91. The Morgan fingerprint density at radius 1 is 1.04 bits per heavy atom. The normalized spacial score (nSPS) is 10.9. The Kier molecular flexibility index (Phi) is 4.80. The Hall–Kier alpha value is -3.25. The van der Waals surface area contributed by atoms with E-state index in [1.165, 1.54) is 0 Å². The Balaban J connectivity index is 1.41. The van der Waals surface area contributed by atoms with E-state index in [-0.39, 0.29) is 5.91 Å². The fraction of sp³-hybridized carbons (Fsp3) is 0.100. The Morgan fingerprint density at radius 2 is 1.81 bits per heavy atom. The van der Waals surface area contributed by atoms with Crippen LogP contribution in [0, 0.1) is 0 Å². The zero-order chi connectivity index (χ0) is 18.6. The van der Waals surface area contributed by atoms with E-state index in [2.05, 4.69) is 20.5 Å². The molecule has 4 rings (SSSR count). The van der Waals surface area contributed by atoms with E-state index >= 15 is 0 Å². The quantitative estimate of drug-likeness (QED) is 0.578. The molecular formula is C20H16ClN5O. The average molecular weight is 378 g/mol. The molecule has 0 saturated carbocycles. The highest BCUT2D eigenvalue weighted by Gasteiger charge is 2.10. The van der Waals surface area contributed by atoms with Crippen LogP contribution in [0.15, 0.2) is 67.0 Å². The second-order valence-corrected chi connectivity index (χ2v) is 6.46. The van der Waals surface area contributed by atoms with Crippen molar-refractivity contribution in [2.75, 3.05) is 6.54 Å². The lowest BCUT2D eigenvalue weighted by molar-refractivity contribution is 0.0954. The van der Waals surface area contributed by atoms with Gasteiger partial charge in [-0.3, -0.25) is 9.20 Å². The lowest BCUT2D eigenvalue weighted by Gasteiger charge is -2.06. The summed E-state index contributed by atoms with van der Waals surface area (Å²) in [6.07, 6.45) is 4.28. The van der Waals surface area contributed by atoms with Gasteiger partial charge in [0.05, 0.1) is 0 Å². The summed E-state index contributed by atoms with van der Waals surface area (Å²) in [5, 5.41) is 11.8. The van der Waals surface area contributed by atoms with E-state index in [0.717, 1.165) is 17.5 Å². The molecule has 0 unspecified atom stereocenters. The molecule has 1 N–H and O–H groups in total. The van der Waals surface area contributed by atoms with Crippen molar-refractivity contribution in [1.82, 2.24) is 24.9 Å². The number of amides is 1. The van der Waals surface area contributed by atoms with Crippen LogP contribution in [-0.4, -0.2) is 32.0 Å². The van der Waals surface area contributed by atoms with E-state index < -0.39 is 0 Å². The topological polar surface area (TPSA) is 72.2 Å². The average Bonchev–Trinajstić information content (AvgIpc) is 3.14. The molecular weight excluding hydrogens is 362 g/mol. The third-order valence-corrected chi connectivity index (χ3v) is 4.46. The van der Waals surface area contributed by atoms with Crippen LogP contribution >= 0.6 is 11.6 Å². The molecule has 1 amide bonds. The predicted octanol–water partition coefficient (Wildman–Crippen LogP) is 3.42. The first kappa shape index (κ1) is 17.2. The molecule has 0 atom stereocenters. The minimum Gasteiger partial charge on any atom is -0.352 e. The van der Waals surface area contributed by atoms with Gasteiger partial charge in [0.25, 0.3) is 11.7 Å². The van der Waals surface area contributed by atoms with E-state index in [4.69, 9.17) is 11.6 Å². The molecule has 2 aromatic heterocycles. The van der Waals surface area contributed by atoms with Crippen LogP contribution in [0.3, 0.4) is 0 Å². The number of benzene rings is 2. The van der Waals surface area contributed by atoms with Gasteiger partial charge in [0.15, 0.2) is 5.82 Å². The maximum Gasteiger partial charge on any atom is 0.255 e. The van der Waals surface area contributed by atoms with Crippen molar-refractivity contribution in [3.63, 3.8) is 0 Å². The van der Waals surface area contributed by atoms with E-state index in [1.807, 2.05) is 48.7 Å². The van der Waals surface area contributed by atoms with Crippen molar-refractivity contribution in [3.05, 3.63) is 83.1 Å². The smallest absolute Gasteiger partial charge is 0.255 e. The number of halogens is 1. The molecule has 0 aliphatic rings. The van der Waals surface area contributed by atoms with Crippen LogP contribution in [-0.2, 0) is 6.42 Å². The standard InChI is InChI=1S/C20H16ClN5O/c21-17-8-2-14(3-9-17)10-12-22-19(27)16-6-4-15(5-7-16)18-24-25-20-23-11-1-13-26(18)20/h1-9,11,13H,10,12H2,(H,22,27). The van der Waals surface area contributed by atoms with Crippen LogP contribution in [0.2, 0.25) is 5.02 Å². The number of rotatable bonds is 5. The van der Waals surface area contributed by atoms with Gasteiger partial charge >= 0.3 is 0 Å². The number of fused-ring (bicyclic) bond motifs is 1. The summed E-state index contributed by atoms with van der Waals surface area (Å²) in [5.41, 5.74) is 2.59. The van der Waals surface area contributed by atoms with Gasteiger partial charge in [-0.15, -0.1) is 10.2 Å². The summed E-state index contributed by atoms with van der Waals surface area (Å²) in [5.74, 6) is 1.12. The summed E-state index contributed by atoms with van der Waals surface area (Å²) in [6, 6.07) is 16.7. The highest BCUT2D eigenvalue weighted by molar-refractivity contribution is 6.30. The first-order valence-corrected chi connectivity index (χ1v) is 8.87. The van der Waals surface area contributed by atoms with Crippen molar-refractivity contribution in [2.45, 2.75) is 6.42 Å². The summed E-state index contributed by atoms with van der Waals surface area (Å²) in [6.45, 7) is 0.558. The third kappa shape index (κ3) is 3.80. The number of nitrogens with zero attached hydrogens (tertiary/aromatic N) is 4. The van der Waals surface area contributed by atoms with Crippen molar-refractivity contribution in [1.29, 1.82) is 0 Å². The lowest BCUT2D eigenvalue weighted by Crippen LogP contribution is -2.25. The van der Waals surface area contributed by atoms with Crippen molar-refractivity contribution in [3.8, 4) is 11.4 Å². The highest BCUT2D eigenvalue weighted by atomic mass is 35.5. The second kappa shape index (κ2) is 7.55. The summed E-state index contributed by atoms with van der Waals surface area (Å²) < 4.78 is 1.81. The van der Waals surface area contributed by atoms with Crippen molar-refractivity contribution < 1.29 is 4.79 Å². The van der Waals surface area contributed by atoms with Gasteiger partial charge in [-0.05, 0) is 42.3 Å². The maximum absolute atomic E-state index is 12.3. The summed E-state index contributed by atoms with van der Waals surface area (Å²) in [7, 11) is 0. The number of carbonyl (C=O) groups is 1. The molecule has 0 saturated heterocycles. The van der Waals surface area contributed by atoms with E-state index in [9.17, 15) is 4.79 Å². The molecule has 0 bridgehead atoms. The molecule has 2 aromatic carbocycles. The SMILES string of the molecule is O=C(NCCc1ccc(Cl)cc1)c1ccc(-c2nnc3ncccn23)cc1. The van der Waals surface area contributed by atoms with Crippen LogP contribution in [0.1, 0.15) is 15.9 Å². The number of carbonyl (C=O) groups excluding carboxylic acids is 1. The Bertz CT molecular complexity index is 1070. The zero-order valence-corrected chi connectivity index (χ0v) is 15.1. The van der Waals surface area contributed by atoms with Gasteiger partial charge in [0.2, 0.25) is 0 Å². The van der Waals surface area contributed by atoms with Gasteiger partial charge < -0.3 is 5.32 Å². The maximum atomic E-state index is 12.3.